The molecule has 0 aliphatic carbocycles. The van der Waals surface area contributed by atoms with Gasteiger partial charge in [-0.3, -0.25) is 0 Å². The molecule has 0 saturated carbocycles. The van der Waals surface area contributed by atoms with Gasteiger partial charge in [0, 0.05) is 17.6 Å². The summed E-state index contributed by atoms with van der Waals surface area (Å²) in [6, 6.07) is 0. The van der Waals surface area contributed by atoms with Gasteiger partial charge < -0.3 is 5.11 Å². The predicted octanol–water partition coefficient (Wildman–Crippen LogP) is 1.31. The zero-order valence-corrected chi connectivity index (χ0v) is 10.7. The molecule has 0 aliphatic rings. The van der Waals surface area contributed by atoms with Gasteiger partial charge in [0.15, 0.2) is 9.84 Å². The summed E-state index contributed by atoms with van der Waals surface area (Å²) in [5, 5.41) is 8.71. The molecule has 0 bridgehead atoms. The fourth-order valence-corrected chi connectivity index (χ4v) is 3.33. The summed E-state index contributed by atoms with van der Waals surface area (Å²) < 4.78 is 22.8. The second-order valence-electron chi connectivity index (χ2n) is 3.61. The summed E-state index contributed by atoms with van der Waals surface area (Å²) in [5.41, 5.74) is 0. The number of sulfone groups is 1. The molecule has 0 heterocycles. The maximum absolute atomic E-state index is 11.4. The van der Waals surface area contributed by atoms with Gasteiger partial charge in [0.25, 0.3) is 0 Å². The summed E-state index contributed by atoms with van der Waals surface area (Å²) >= 11 is 1.61. The highest BCUT2D eigenvalue weighted by Gasteiger charge is 2.15. The lowest BCUT2D eigenvalue weighted by molar-refractivity contribution is 0.289. The Balaban J connectivity index is 3.74. The van der Waals surface area contributed by atoms with Crippen LogP contribution in [-0.2, 0) is 9.84 Å². The van der Waals surface area contributed by atoms with Crippen molar-refractivity contribution in [3.05, 3.63) is 0 Å². The molecule has 3 nitrogen and oxygen atoms in total. The highest BCUT2D eigenvalue weighted by molar-refractivity contribution is 8.01. The van der Waals surface area contributed by atoms with Crippen LogP contribution < -0.4 is 0 Å². The molecule has 0 saturated heterocycles. The number of thioether (sulfide) groups is 1. The van der Waals surface area contributed by atoms with E-state index >= 15 is 0 Å². The zero-order chi connectivity index (χ0) is 11.2. The van der Waals surface area contributed by atoms with Crippen molar-refractivity contribution < 1.29 is 13.5 Å². The number of rotatable bonds is 7. The van der Waals surface area contributed by atoms with E-state index in [1.165, 1.54) is 0 Å². The van der Waals surface area contributed by atoms with E-state index in [1.54, 1.807) is 25.6 Å². The van der Waals surface area contributed by atoms with Crippen LogP contribution in [0.15, 0.2) is 0 Å². The average Bonchev–Trinajstić information content (AvgIpc) is 2.04. The Hall–Kier alpha value is 0.260. The molecule has 0 aliphatic heterocycles. The molecular formula is C9H20O3S2. The molecule has 14 heavy (non-hydrogen) atoms. The van der Waals surface area contributed by atoms with Crippen LogP contribution in [0.4, 0.5) is 0 Å². The first-order valence-corrected chi connectivity index (χ1v) is 7.60. The highest BCUT2D eigenvalue weighted by Crippen LogP contribution is 2.14. The lowest BCUT2D eigenvalue weighted by atomic mass is 10.3. The molecule has 86 valence electrons. The third kappa shape index (κ3) is 5.88. The van der Waals surface area contributed by atoms with Crippen LogP contribution >= 0.6 is 11.8 Å². The maximum Gasteiger partial charge on any atom is 0.153 e. The molecule has 1 N–H and O–H groups in total. The third-order valence-corrected chi connectivity index (χ3v) is 5.74. The van der Waals surface area contributed by atoms with Crippen LogP contribution in [0.2, 0.25) is 0 Å². The van der Waals surface area contributed by atoms with Crippen molar-refractivity contribution in [1.82, 2.24) is 0 Å². The molecule has 0 spiro atoms. The monoisotopic (exact) mass is 240 g/mol. The van der Waals surface area contributed by atoms with E-state index in [-0.39, 0.29) is 17.6 Å². The quantitative estimate of drug-likeness (QED) is 0.729. The summed E-state index contributed by atoms with van der Waals surface area (Å²) in [5.74, 6) is 0.868. The molecular weight excluding hydrogens is 220 g/mol. The second kappa shape index (κ2) is 6.69. The molecule has 0 aromatic carbocycles. The van der Waals surface area contributed by atoms with Gasteiger partial charge in [0.2, 0.25) is 0 Å². The van der Waals surface area contributed by atoms with Gasteiger partial charge in [-0.2, -0.15) is 11.8 Å². The Kier molecular flexibility index (Phi) is 6.81. The van der Waals surface area contributed by atoms with Gasteiger partial charge in [-0.05, 0) is 20.3 Å². The fourth-order valence-electron chi connectivity index (χ4n) is 0.866. The summed E-state index contributed by atoms with van der Waals surface area (Å²) in [6.07, 6.45) is 0.729. The van der Waals surface area contributed by atoms with E-state index in [1.807, 2.05) is 6.92 Å². The van der Waals surface area contributed by atoms with Gasteiger partial charge >= 0.3 is 0 Å². The highest BCUT2D eigenvalue weighted by atomic mass is 32.2. The van der Waals surface area contributed by atoms with Crippen molar-refractivity contribution in [3.8, 4) is 0 Å². The first-order chi connectivity index (χ1) is 6.40. The van der Waals surface area contributed by atoms with E-state index in [0.29, 0.717) is 11.0 Å². The Labute approximate surface area is 91.2 Å². The molecule has 0 aromatic rings. The molecule has 1 atom stereocenters. The topological polar surface area (TPSA) is 54.4 Å². The fraction of sp³-hybridized carbons (Fsp3) is 1.00. The Morgan fingerprint density at radius 1 is 1.29 bits per heavy atom. The summed E-state index contributed by atoms with van der Waals surface area (Å²) in [6.45, 7) is 5.59. The van der Waals surface area contributed by atoms with E-state index in [0.717, 1.165) is 6.42 Å². The Morgan fingerprint density at radius 3 is 2.29 bits per heavy atom. The largest absolute Gasteiger partial charge is 0.396 e. The van der Waals surface area contributed by atoms with Crippen LogP contribution in [-0.4, -0.2) is 42.1 Å². The summed E-state index contributed by atoms with van der Waals surface area (Å²) in [4.78, 5) is 0. The van der Waals surface area contributed by atoms with Crippen molar-refractivity contribution in [2.75, 3.05) is 18.1 Å². The standard InChI is InChI=1S/C9H20O3S2/c1-8(2)14(11,12)7-6-13-9(3)4-5-10/h8-10H,4-7H2,1-3H3. The predicted molar refractivity (Wildman–Crippen MR) is 62.5 cm³/mol. The Morgan fingerprint density at radius 2 is 1.86 bits per heavy atom. The molecule has 1 unspecified atom stereocenters. The molecule has 0 aromatic heterocycles. The van der Waals surface area contributed by atoms with E-state index in [2.05, 4.69) is 0 Å². The zero-order valence-electron chi connectivity index (χ0n) is 9.06. The van der Waals surface area contributed by atoms with E-state index < -0.39 is 9.84 Å². The second-order valence-corrected chi connectivity index (χ2v) is 7.83. The van der Waals surface area contributed by atoms with Gasteiger partial charge in [0.05, 0.1) is 11.0 Å². The minimum Gasteiger partial charge on any atom is -0.396 e. The van der Waals surface area contributed by atoms with Crippen LogP contribution in [0.3, 0.4) is 0 Å². The van der Waals surface area contributed by atoms with Crippen LogP contribution in [0, 0.1) is 0 Å². The first kappa shape index (κ1) is 14.3. The van der Waals surface area contributed by atoms with Crippen molar-refractivity contribution in [2.45, 2.75) is 37.7 Å². The molecule has 0 rings (SSSR count). The minimum atomic E-state index is -2.89. The van der Waals surface area contributed by atoms with Gasteiger partial charge in [-0.15, -0.1) is 0 Å². The van der Waals surface area contributed by atoms with Gasteiger partial charge in [-0.1, -0.05) is 6.92 Å². The number of hydrogen-bond donors (Lipinski definition) is 1. The average molecular weight is 240 g/mol. The SMILES string of the molecule is CC(CCO)SCCS(=O)(=O)C(C)C. The smallest absolute Gasteiger partial charge is 0.153 e. The van der Waals surface area contributed by atoms with Crippen molar-refractivity contribution in [1.29, 1.82) is 0 Å². The van der Waals surface area contributed by atoms with E-state index in [4.69, 9.17) is 5.11 Å². The number of aliphatic hydroxyl groups excluding tert-OH is 1. The normalized spacial score (nSPS) is 14.6. The van der Waals surface area contributed by atoms with Crippen molar-refractivity contribution in [2.24, 2.45) is 0 Å². The minimum absolute atomic E-state index is 0.172. The summed E-state index contributed by atoms with van der Waals surface area (Å²) in [7, 11) is -2.89. The van der Waals surface area contributed by atoms with Crippen LogP contribution in [0.1, 0.15) is 27.2 Å². The molecule has 0 radical (unpaired) electrons. The van der Waals surface area contributed by atoms with Gasteiger partial charge in [-0.25, -0.2) is 8.42 Å². The lowest BCUT2D eigenvalue weighted by Gasteiger charge is -2.10. The van der Waals surface area contributed by atoms with E-state index in [9.17, 15) is 8.42 Å². The number of hydrogen-bond acceptors (Lipinski definition) is 4. The molecule has 0 amide bonds. The van der Waals surface area contributed by atoms with Crippen molar-refractivity contribution in [3.63, 3.8) is 0 Å². The van der Waals surface area contributed by atoms with Gasteiger partial charge in [0.1, 0.15) is 0 Å². The maximum atomic E-state index is 11.4. The van der Waals surface area contributed by atoms with Crippen LogP contribution in [0.25, 0.3) is 0 Å². The lowest BCUT2D eigenvalue weighted by Crippen LogP contribution is -2.19. The Bertz CT molecular complexity index is 234. The first-order valence-electron chi connectivity index (χ1n) is 4.84. The third-order valence-electron chi connectivity index (χ3n) is 2.02. The molecule has 5 heteroatoms. The number of aliphatic hydroxyl groups is 1. The van der Waals surface area contributed by atoms with Crippen LogP contribution in [0.5, 0.6) is 0 Å². The molecule has 0 fully saturated rings. The van der Waals surface area contributed by atoms with Crippen molar-refractivity contribution >= 4 is 21.6 Å².